The van der Waals surface area contributed by atoms with Crippen molar-refractivity contribution in [2.45, 2.75) is 38.8 Å². The molecule has 4 heteroatoms. The van der Waals surface area contributed by atoms with Crippen LogP contribution in [0.1, 0.15) is 38.3 Å². The molecule has 1 aromatic carbocycles. The summed E-state index contributed by atoms with van der Waals surface area (Å²) < 4.78 is 10.8. The summed E-state index contributed by atoms with van der Waals surface area (Å²) >= 11 is 0. The van der Waals surface area contributed by atoms with E-state index in [1.54, 1.807) is 0 Å². The molecule has 4 nitrogen and oxygen atoms in total. The monoisotopic (exact) mass is 276 g/mol. The molecule has 1 atom stereocenters. The number of fused-ring (bicyclic) bond motifs is 1. The molecule has 1 saturated carbocycles. The third-order valence-electron chi connectivity index (χ3n) is 4.18. The lowest BCUT2D eigenvalue weighted by molar-refractivity contribution is 0.174. The van der Waals surface area contributed by atoms with Crippen LogP contribution in [-0.2, 0) is 0 Å². The molecule has 0 amide bonds. The summed E-state index contributed by atoms with van der Waals surface area (Å²) in [5, 5.41) is 0. The van der Waals surface area contributed by atoms with Gasteiger partial charge >= 0.3 is 0 Å². The first-order valence-corrected chi connectivity index (χ1v) is 7.52. The number of nitrogens with zero attached hydrogens (tertiary/aromatic N) is 1. The SMILES string of the molecule is CC(C)N(CC1CC1)CC(N)c1ccc2c(c1)OCO2. The molecule has 2 aliphatic rings. The van der Waals surface area contributed by atoms with Crippen molar-refractivity contribution in [1.82, 2.24) is 4.90 Å². The maximum atomic E-state index is 6.39. The zero-order chi connectivity index (χ0) is 14.1. The van der Waals surface area contributed by atoms with E-state index < -0.39 is 0 Å². The van der Waals surface area contributed by atoms with Gasteiger partial charge in [0.2, 0.25) is 6.79 Å². The van der Waals surface area contributed by atoms with Gasteiger partial charge in [-0.1, -0.05) is 6.07 Å². The van der Waals surface area contributed by atoms with Crippen molar-refractivity contribution in [2.75, 3.05) is 19.9 Å². The number of hydrogen-bond acceptors (Lipinski definition) is 4. The first kappa shape index (κ1) is 13.7. The summed E-state index contributed by atoms with van der Waals surface area (Å²) in [6.45, 7) is 6.88. The fourth-order valence-electron chi connectivity index (χ4n) is 2.63. The zero-order valence-corrected chi connectivity index (χ0v) is 12.3. The fraction of sp³-hybridized carbons (Fsp3) is 0.625. The van der Waals surface area contributed by atoms with Crippen LogP contribution in [0.15, 0.2) is 18.2 Å². The molecule has 1 aliphatic heterocycles. The molecule has 0 saturated heterocycles. The number of nitrogens with two attached hydrogens (primary N) is 1. The molecule has 3 rings (SSSR count). The molecule has 1 aliphatic carbocycles. The van der Waals surface area contributed by atoms with Crippen molar-refractivity contribution in [3.8, 4) is 11.5 Å². The minimum atomic E-state index is 0.0191. The summed E-state index contributed by atoms with van der Waals surface area (Å²) in [5.41, 5.74) is 7.51. The van der Waals surface area contributed by atoms with Crippen LogP contribution in [0.4, 0.5) is 0 Å². The van der Waals surface area contributed by atoms with Crippen LogP contribution in [0.2, 0.25) is 0 Å². The molecular weight excluding hydrogens is 252 g/mol. The van der Waals surface area contributed by atoms with Crippen LogP contribution in [0.5, 0.6) is 11.5 Å². The van der Waals surface area contributed by atoms with Crippen molar-refractivity contribution in [2.24, 2.45) is 11.7 Å². The molecule has 0 radical (unpaired) electrons. The highest BCUT2D eigenvalue weighted by molar-refractivity contribution is 5.45. The van der Waals surface area contributed by atoms with Crippen LogP contribution in [-0.4, -0.2) is 30.8 Å². The standard InChI is InChI=1S/C16H24N2O2/c1-11(2)18(8-12-3-4-12)9-14(17)13-5-6-15-16(7-13)20-10-19-15/h5-7,11-12,14H,3-4,8-10,17H2,1-2H3. The maximum Gasteiger partial charge on any atom is 0.231 e. The summed E-state index contributed by atoms with van der Waals surface area (Å²) in [4.78, 5) is 2.49. The van der Waals surface area contributed by atoms with Gasteiger partial charge in [0, 0.05) is 25.2 Å². The minimum absolute atomic E-state index is 0.0191. The normalized spacial score (nSPS) is 18.9. The van der Waals surface area contributed by atoms with E-state index in [0.29, 0.717) is 12.8 Å². The Bertz CT molecular complexity index is 472. The predicted molar refractivity (Wildman–Crippen MR) is 78.9 cm³/mol. The topological polar surface area (TPSA) is 47.7 Å². The van der Waals surface area contributed by atoms with E-state index in [9.17, 15) is 0 Å². The van der Waals surface area contributed by atoms with Gasteiger partial charge in [0.15, 0.2) is 11.5 Å². The molecule has 20 heavy (non-hydrogen) atoms. The predicted octanol–water partition coefficient (Wildman–Crippen LogP) is 2.54. The van der Waals surface area contributed by atoms with Crippen LogP contribution in [0.3, 0.4) is 0 Å². The van der Waals surface area contributed by atoms with Crippen molar-refractivity contribution in [1.29, 1.82) is 0 Å². The highest BCUT2D eigenvalue weighted by Crippen LogP contribution is 2.34. The quantitative estimate of drug-likeness (QED) is 0.867. The average Bonchev–Trinajstić information content (AvgIpc) is 3.12. The van der Waals surface area contributed by atoms with Gasteiger partial charge in [-0.05, 0) is 50.3 Å². The van der Waals surface area contributed by atoms with Crippen molar-refractivity contribution >= 4 is 0 Å². The van der Waals surface area contributed by atoms with Gasteiger partial charge in [-0.25, -0.2) is 0 Å². The Morgan fingerprint density at radius 2 is 2.00 bits per heavy atom. The Hall–Kier alpha value is -1.26. The van der Waals surface area contributed by atoms with Crippen molar-refractivity contribution in [3.05, 3.63) is 23.8 Å². The van der Waals surface area contributed by atoms with E-state index >= 15 is 0 Å². The van der Waals surface area contributed by atoms with Crippen LogP contribution in [0.25, 0.3) is 0 Å². The second kappa shape index (κ2) is 5.62. The average molecular weight is 276 g/mol. The lowest BCUT2D eigenvalue weighted by Crippen LogP contribution is -2.38. The lowest BCUT2D eigenvalue weighted by Gasteiger charge is -2.29. The molecular formula is C16H24N2O2. The van der Waals surface area contributed by atoms with E-state index in [4.69, 9.17) is 15.2 Å². The Morgan fingerprint density at radius 3 is 2.70 bits per heavy atom. The van der Waals surface area contributed by atoms with Gasteiger partial charge in [0.05, 0.1) is 0 Å². The van der Waals surface area contributed by atoms with E-state index in [1.165, 1.54) is 19.4 Å². The van der Waals surface area contributed by atoms with Crippen LogP contribution >= 0.6 is 0 Å². The highest BCUT2D eigenvalue weighted by atomic mass is 16.7. The Morgan fingerprint density at radius 1 is 1.25 bits per heavy atom. The van der Waals surface area contributed by atoms with Crippen molar-refractivity contribution < 1.29 is 9.47 Å². The largest absolute Gasteiger partial charge is 0.454 e. The molecule has 0 aromatic heterocycles. The fourth-order valence-corrected chi connectivity index (χ4v) is 2.63. The second-order valence-electron chi connectivity index (χ2n) is 6.21. The smallest absolute Gasteiger partial charge is 0.231 e. The molecule has 0 spiro atoms. The van der Waals surface area contributed by atoms with E-state index in [1.807, 2.05) is 18.2 Å². The number of benzene rings is 1. The van der Waals surface area contributed by atoms with E-state index in [-0.39, 0.29) is 6.04 Å². The molecule has 1 fully saturated rings. The van der Waals surface area contributed by atoms with Gasteiger partial charge in [-0.3, -0.25) is 4.90 Å². The van der Waals surface area contributed by atoms with Gasteiger partial charge in [0.1, 0.15) is 0 Å². The molecule has 1 unspecified atom stereocenters. The molecule has 1 aromatic rings. The first-order chi connectivity index (χ1) is 9.63. The van der Waals surface area contributed by atoms with Gasteiger partial charge in [0.25, 0.3) is 0 Å². The maximum absolute atomic E-state index is 6.39. The molecule has 110 valence electrons. The van der Waals surface area contributed by atoms with E-state index in [2.05, 4.69) is 18.7 Å². The summed E-state index contributed by atoms with van der Waals surface area (Å²) in [7, 11) is 0. The summed E-state index contributed by atoms with van der Waals surface area (Å²) in [6, 6.07) is 6.58. The lowest BCUT2D eigenvalue weighted by atomic mass is 10.1. The summed E-state index contributed by atoms with van der Waals surface area (Å²) in [6.07, 6.45) is 2.75. The van der Waals surface area contributed by atoms with E-state index in [0.717, 1.165) is 29.5 Å². The van der Waals surface area contributed by atoms with Crippen molar-refractivity contribution in [3.63, 3.8) is 0 Å². The second-order valence-corrected chi connectivity index (χ2v) is 6.21. The van der Waals surface area contributed by atoms with Crippen LogP contribution in [0, 0.1) is 5.92 Å². The van der Waals surface area contributed by atoms with Crippen LogP contribution < -0.4 is 15.2 Å². The number of rotatable bonds is 6. The Balaban J connectivity index is 1.66. The molecule has 1 heterocycles. The Labute approximate surface area is 120 Å². The zero-order valence-electron chi connectivity index (χ0n) is 12.3. The highest BCUT2D eigenvalue weighted by Gasteiger charge is 2.27. The number of hydrogen-bond donors (Lipinski definition) is 1. The van der Waals surface area contributed by atoms with Gasteiger partial charge in [-0.2, -0.15) is 0 Å². The van der Waals surface area contributed by atoms with Gasteiger partial charge in [-0.15, -0.1) is 0 Å². The number of ether oxygens (including phenoxy) is 2. The molecule has 2 N–H and O–H groups in total. The molecule has 0 bridgehead atoms. The minimum Gasteiger partial charge on any atom is -0.454 e. The first-order valence-electron chi connectivity index (χ1n) is 7.52. The third-order valence-corrected chi connectivity index (χ3v) is 4.18. The van der Waals surface area contributed by atoms with Gasteiger partial charge < -0.3 is 15.2 Å². The third kappa shape index (κ3) is 3.07. The summed E-state index contributed by atoms with van der Waals surface area (Å²) in [5.74, 6) is 2.53. The Kier molecular flexibility index (Phi) is 3.85.